The molecule has 5 nitrogen and oxygen atoms in total. The van der Waals surface area contributed by atoms with Gasteiger partial charge in [-0.15, -0.1) is 11.3 Å². The van der Waals surface area contributed by atoms with Gasteiger partial charge in [0.25, 0.3) is 11.6 Å². The van der Waals surface area contributed by atoms with Crippen molar-refractivity contribution >= 4 is 51.2 Å². The fourth-order valence-corrected chi connectivity index (χ4v) is 2.71. The summed E-state index contributed by atoms with van der Waals surface area (Å²) in [7, 11) is 0. The zero-order chi connectivity index (χ0) is 14.0. The first kappa shape index (κ1) is 13.9. The second kappa shape index (κ2) is 5.61. The standard InChI is InChI=1S/C11H6FIN2O3S/c12-7-2-8(4-9(3-7)15(17)18)14-11(16)6-1-10(13)19-5-6/h1-5H,(H,14,16). The molecular weight excluding hydrogens is 386 g/mol. The Balaban J connectivity index is 2.23. The number of nitrogens with zero attached hydrogens (tertiary/aromatic N) is 1. The highest BCUT2D eigenvalue weighted by Crippen LogP contribution is 2.22. The summed E-state index contributed by atoms with van der Waals surface area (Å²) in [6, 6.07) is 4.61. The molecule has 98 valence electrons. The fourth-order valence-electron chi connectivity index (χ4n) is 1.38. The first-order valence-electron chi connectivity index (χ1n) is 4.96. The van der Waals surface area contributed by atoms with E-state index >= 15 is 0 Å². The van der Waals surface area contributed by atoms with Gasteiger partial charge in [-0.1, -0.05) is 0 Å². The number of thiophene rings is 1. The highest BCUT2D eigenvalue weighted by atomic mass is 127. The highest BCUT2D eigenvalue weighted by molar-refractivity contribution is 14.1. The van der Waals surface area contributed by atoms with Gasteiger partial charge in [-0.05, 0) is 34.7 Å². The number of nitrogens with one attached hydrogen (secondary N) is 1. The molecule has 0 saturated carbocycles. The van der Waals surface area contributed by atoms with Crippen LogP contribution >= 0.6 is 33.9 Å². The Morgan fingerprint density at radius 3 is 2.68 bits per heavy atom. The Labute approximate surface area is 124 Å². The van der Waals surface area contributed by atoms with Crippen LogP contribution in [0.1, 0.15) is 10.4 Å². The maximum absolute atomic E-state index is 13.2. The molecule has 0 radical (unpaired) electrons. The number of halogens is 2. The Hall–Kier alpha value is -1.55. The molecule has 0 aliphatic rings. The predicted octanol–water partition coefficient (Wildman–Crippen LogP) is 3.65. The largest absolute Gasteiger partial charge is 0.322 e. The Morgan fingerprint density at radius 1 is 1.37 bits per heavy atom. The van der Waals surface area contributed by atoms with Crippen molar-refractivity contribution in [2.45, 2.75) is 0 Å². The van der Waals surface area contributed by atoms with Crippen LogP contribution in [0.15, 0.2) is 29.6 Å². The molecule has 1 heterocycles. The van der Waals surface area contributed by atoms with Crippen molar-refractivity contribution in [2.24, 2.45) is 0 Å². The number of rotatable bonds is 3. The van der Waals surface area contributed by atoms with Crippen molar-refractivity contribution in [3.63, 3.8) is 0 Å². The van der Waals surface area contributed by atoms with E-state index in [-0.39, 0.29) is 5.69 Å². The maximum atomic E-state index is 13.2. The van der Waals surface area contributed by atoms with E-state index in [4.69, 9.17) is 0 Å². The van der Waals surface area contributed by atoms with Crippen LogP contribution in [0.3, 0.4) is 0 Å². The molecule has 0 bridgehead atoms. The minimum absolute atomic E-state index is 0.0536. The van der Waals surface area contributed by atoms with E-state index in [1.54, 1.807) is 11.4 Å². The van der Waals surface area contributed by atoms with E-state index < -0.39 is 22.3 Å². The molecule has 2 rings (SSSR count). The number of hydrogen-bond acceptors (Lipinski definition) is 4. The minimum atomic E-state index is -0.774. The summed E-state index contributed by atoms with van der Waals surface area (Å²) in [6.07, 6.45) is 0. The van der Waals surface area contributed by atoms with Crippen LogP contribution in [0.2, 0.25) is 0 Å². The molecule has 0 aliphatic heterocycles. The van der Waals surface area contributed by atoms with Gasteiger partial charge in [-0.2, -0.15) is 0 Å². The van der Waals surface area contributed by atoms with Crippen LogP contribution in [0.5, 0.6) is 0 Å². The molecule has 0 unspecified atom stereocenters. The van der Waals surface area contributed by atoms with Crippen LogP contribution in [-0.2, 0) is 0 Å². The molecule has 0 spiro atoms. The molecule has 0 atom stereocenters. The number of carbonyl (C=O) groups is 1. The lowest BCUT2D eigenvalue weighted by Crippen LogP contribution is -2.11. The van der Waals surface area contributed by atoms with Crippen LogP contribution in [0, 0.1) is 18.8 Å². The number of hydrogen-bond donors (Lipinski definition) is 1. The van der Waals surface area contributed by atoms with E-state index in [0.717, 1.165) is 21.1 Å². The SMILES string of the molecule is O=C(Nc1cc(F)cc([N+](=O)[O-])c1)c1csc(I)c1. The molecule has 0 fully saturated rings. The summed E-state index contributed by atoms with van der Waals surface area (Å²) in [5.41, 5.74) is 0.0782. The fraction of sp³-hybridized carbons (Fsp3) is 0. The molecule has 0 saturated heterocycles. The third-order valence-corrected chi connectivity index (χ3v) is 3.97. The molecule has 0 aliphatic carbocycles. The first-order chi connectivity index (χ1) is 8.95. The van der Waals surface area contributed by atoms with E-state index in [1.165, 1.54) is 11.3 Å². The number of amides is 1. The maximum Gasteiger partial charge on any atom is 0.274 e. The lowest BCUT2D eigenvalue weighted by Gasteiger charge is -2.03. The first-order valence-corrected chi connectivity index (χ1v) is 6.92. The third kappa shape index (κ3) is 3.47. The zero-order valence-electron chi connectivity index (χ0n) is 9.22. The van der Waals surface area contributed by atoms with Gasteiger partial charge in [0.05, 0.1) is 25.1 Å². The summed E-state index contributed by atoms with van der Waals surface area (Å²) in [6.45, 7) is 0. The topological polar surface area (TPSA) is 72.2 Å². The lowest BCUT2D eigenvalue weighted by atomic mass is 10.2. The predicted molar refractivity (Wildman–Crippen MR) is 78.0 cm³/mol. The average Bonchev–Trinajstić information content (AvgIpc) is 2.75. The smallest absolute Gasteiger partial charge is 0.274 e. The van der Waals surface area contributed by atoms with Crippen molar-refractivity contribution in [1.29, 1.82) is 0 Å². The van der Waals surface area contributed by atoms with Crippen molar-refractivity contribution in [2.75, 3.05) is 5.32 Å². The number of benzene rings is 1. The van der Waals surface area contributed by atoms with Gasteiger partial charge in [0.1, 0.15) is 5.82 Å². The van der Waals surface area contributed by atoms with Gasteiger partial charge >= 0.3 is 0 Å². The summed E-state index contributed by atoms with van der Waals surface area (Å²) < 4.78 is 14.1. The van der Waals surface area contributed by atoms with Crippen molar-refractivity contribution in [3.05, 3.63) is 54.0 Å². The Morgan fingerprint density at radius 2 is 2.11 bits per heavy atom. The summed E-state index contributed by atoms with van der Waals surface area (Å²) >= 11 is 3.47. The van der Waals surface area contributed by atoms with Gasteiger partial charge in [0.2, 0.25) is 0 Å². The van der Waals surface area contributed by atoms with Crippen LogP contribution in [0.25, 0.3) is 0 Å². The number of non-ortho nitro benzene ring substituents is 1. The molecule has 1 amide bonds. The number of nitro benzene ring substituents is 1. The van der Waals surface area contributed by atoms with Gasteiger partial charge in [-0.25, -0.2) is 4.39 Å². The molecule has 1 aromatic heterocycles. The highest BCUT2D eigenvalue weighted by Gasteiger charge is 2.13. The van der Waals surface area contributed by atoms with E-state index in [9.17, 15) is 19.3 Å². The van der Waals surface area contributed by atoms with Gasteiger partial charge in [0, 0.05) is 11.4 Å². The Bertz CT molecular complexity index is 659. The number of carbonyl (C=O) groups excluding carboxylic acids is 1. The second-order valence-corrected chi connectivity index (χ2v) is 6.35. The Kier molecular flexibility index (Phi) is 4.10. The molecule has 1 N–H and O–H groups in total. The number of nitro groups is 1. The number of anilines is 1. The summed E-state index contributed by atoms with van der Waals surface area (Å²) in [4.78, 5) is 21.7. The zero-order valence-corrected chi connectivity index (χ0v) is 12.2. The second-order valence-electron chi connectivity index (χ2n) is 3.55. The van der Waals surface area contributed by atoms with Crippen molar-refractivity contribution < 1.29 is 14.1 Å². The molecule has 8 heteroatoms. The molecule has 19 heavy (non-hydrogen) atoms. The molecule has 2 aromatic rings. The van der Waals surface area contributed by atoms with E-state index in [0.29, 0.717) is 5.56 Å². The summed E-state index contributed by atoms with van der Waals surface area (Å²) in [5.74, 6) is -1.21. The third-order valence-electron chi connectivity index (χ3n) is 2.18. The van der Waals surface area contributed by atoms with Crippen LogP contribution in [-0.4, -0.2) is 10.8 Å². The van der Waals surface area contributed by atoms with E-state index in [1.807, 2.05) is 0 Å². The normalized spacial score (nSPS) is 10.2. The van der Waals surface area contributed by atoms with Crippen molar-refractivity contribution in [3.8, 4) is 0 Å². The minimum Gasteiger partial charge on any atom is -0.322 e. The van der Waals surface area contributed by atoms with Gasteiger partial charge in [0.15, 0.2) is 0 Å². The van der Waals surface area contributed by atoms with Crippen LogP contribution < -0.4 is 5.32 Å². The lowest BCUT2D eigenvalue weighted by molar-refractivity contribution is -0.385. The van der Waals surface area contributed by atoms with Crippen LogP contribution in [0.4, 0.5) is 15.8 Å². The molecule has 1 aromatic carbocycles. The quantitative estimate of drug-likeness (QED) is 0.493. The van der Waals surface area contributed by atoms with Gasteiger partial charge in [-0.3, -0.25) is 14.9 Å². The summed E-state index contributed by atoms with van der Waals surface area (Å²) in [5, 5.41) is 14.7. The van der Waals surface area contributed by atoms with E-state index in [2.05, 4.69) is 27.9 Å². The van der Waals surface area contributed by atoms with Crippen molar-refractivity contribution in [1.82, 2.24) is 0 Å². The molecular formula is C11H6FIN2O3S. The monoisotopic (exact) mass is 392 g/mol. The average molecular weight is 392 g/mol. The van der Waals surface area contributed by atoms with Gasteiger partial charge < -0.3 is 5.32 Å².